The molecule has 2 N–H and O–H groups in total. The molecule has 0 bridgehead atoms. The molecule has 1 spiro atoms. The number of hydrogen-bond donors (Lipinski definition) is 2. The van der Waals surface area contributed by atoms with Crippen molar-refractivity contribution in [1.82, 2.24) is 9.80 Å². The summed E-state index contributed by atoms with van der Waals surface area (Å²) in [7, 11) is 0. The molecular formula is C22H27N3O3. The molecule has 6 nitrogen and oxygen atoms in total. The number of aliphatic hydroxyl groups excluding tert-OH is 1. The zero-order chi connectivity index (χ0) is 19.0. The van der Waals surface area contributed by atoms with E-state index in [0.29, 0.717) is 17.9 Å². The third kappa shape index (κ3) is 2.05. The van der Waals surface area contributed by atoms with Gasteiger partial charge in [-0.05, 0) is 56.6 Å². The van der Waals surface area contributed by atoms with E-state index in [1.807, 2.05) is 29.2 Å². The number of amides is 2. The molecule has 4 aliphatic heterocycles. The van der Waals surface area contributed by atoms with Gasteiger partial charge >= 0.3 is 0 Å². The van der Waals surface area contributed by atoms with Gasteiger partial charge in [0, 0.05) is 30.4 Å². The van der Waals surface area contributed by atoms with E-state index in [1.54, 1.807) is 0 Å². The molecule has 1 aliphatic carbocycles. The second kappa shape index (κ2) is 5.80. The Morgan fingerprint density at radius 3 is 2.68 bits per heavy atom. The van der Waals surface area contributed by atoms with E-state index in [9.17, 15) is 14.7 Å². The van der Waals surface area contributed by atoms with E-state index in [4.69, 9.17) is 0 Å². The number of likely N-dealkylation sites (tertiary alicyclic amines) is 1. The summed E-state index contributed by atoms with van der Waals surface area (Å²) in [6.07, 6.45) is 4.34. The van der Waals surface area contributed by atoms with Crippen molar-refractivity contribution in [2.75, 3.05) is 25.0 Å². The highest BCUT2D eigenvalue weighted by Crippen LogP contribution is 2.56. The van der Waals surface area contributed by atoms with Crippen LogP contribution in [0.1, 0.15) is 37.7 Å². The number of hydrogen-bond acceptors (Lipinski definition) is 4. The third-order valence-corrected chi connectivity index (χ3v) is 8.11. The van der Waals surface area contributed by atoms with Crippen molar-refractivity contribution in [3.8, 4) is 0 Å². The molecule has 3 saturated heterocycles. The lowest BCUT2D eigenvalue weighted by atomic mass is 9.78. The van der Waals surface area contributed by atoms with E-state index >= 15 is 0 Å². The maximum absolute atomic E-state index is 13.8. The molecule has 2 amide bonds. The van der Waals surface area contributed by atoms with Crippen LogP contribution in [0.2, 0.25) is 0 Å². The molecule has 28 heavy (non-hydrogen) atoms. The summed E-state index contributed by atoms with van der Waals surface area (Å²) >= 11 is 0. The summed E-state index contributed by atoms with van der Waals surface area (Å²) in [6, 6.07) is 8.22. The van der Waals surface area contributed by atoms with Gasteiger partial charge in [-0.15, -0.1) is 0 Å². The second-order valence-electron chi connectivity index (χ2n) is 9.43. The van der Waals surface area contributed by atoms with Crippen LogP contribution in [0.5, 0.6) is 0 Å². The summed E-state index contributed by atoms with van der Waals surface area (Å²) in [5, 5.41) is 13.0. The highest BCUT2D eigenvalue weighted by atomic mass is 16.3. The van der Waals surface area contributed by atoms with Gasteiger partial charge in [-0.25, -0.2) is 0 Å². The zero-order valence-electron chi connectivity index (χ0n) is 16.0. The van der Waals surface area contributed by atoms with Gasteiger partial charge < -0.3 is 15.3 Å². The SMILES string of the molecule is O=C([C@@H]1C[C@H]2CCCN2[C@]12C(=O)Nc1ccccc12)N1C[C@H]2CC(O)C[C@H]2C1. The van der Waals surface area contributed by atoms with Crippen molar-refractivity contribution in [3.63, 3.8) is 0 Å². The van der Waals surface area contributed by atoms with E-state index in [2.05, 4.69) is 10.2 Å². The molecular weight excluding hydrogens is 354 g/mol. The number of aliphatic hydroxyl groups is 1. The predicted octanol–water partition coefficient (Wildman–Crippen LogP) is 1.55. The van der Waals surface area contributed by atoms with E-state index in [-0.39, 0.29) is 23.8 Å². The molecule has 4 fully saturated rings. The minimum Gasteiger partial charge on any atom is -0.393 e. The number of para-hydroxylation sites is 1. The number of rotatable bonds is 1. The number of carbonyl (C=O) groups is 2. The molecule has 6 atom stereocenters. The van der Waals surface area contributed by atoms with Gasteiger partial charge in [0.2, 0.25) is 11.8 Å². The molecule has 4 heterocycles. The number of fused-ring (bicyclic) bond motifs is 5. The Morgan fingerprint density at radius 1 is 1.14 bits per heavy atom. The quantitative estimate of drug-likeness (QED) is 0.774. The topological polar surface area (TPSA) is 72.9 Å². The Morgan fingerprint density at radius 2 is 1.89 bits per heavy atom. The van der Waals surface area contributed by atoms with Gasteiger partial charge in [0.05, 0.1) is 12.0 Å². The number of nitrogens with one attached hydrogen (secondary N) is 1. The average Bonchev–Trinajstić information content (AvgIpc) is 3.43. The lowest BCUT2D eigenvalue weighted by molar-refractivity contribution is -0.143. The molecule has 1 aromatic rings. The van der Waals surface area contributed by atoms with E-state index in [0.717, 1.165) is 63.0 Å². The first kappa shape index (κ1) is 17.0. The summed E-state index contributed by atoms with van der Waals surface area (Å²) in [5.41, 5.74) is 1.00. The number of benzene rings is 1. The van der Waals surface area contributed by atoms with Crippen LogP contribution in [0.15, 0.2) is 24.3 Å². The molecule has 0 radical (unpaired) electrons. The highest BCUT2D eigenvalue weighted by Gasteiger charge is 2.66. The Hall–Kier alpha value is -1.92. The van der Waals surface area contributed by atoms with Crippen molar-refractivity contribution in [2.45, 2.75) is 49.8 Å². The Kier molecular flexibility index (Phi) is 3.52. The van der Waals surface area contributed by atoms with Crippen molar-refractivity contribution in [1.29, 1.82) is 0 Å². The summed E-state index contributed by atoms with van der Waals surface area (Å²) in [4.78, 5) is 31.5. The number of nitrogens with zero attached hydrogens (tertiary/aromatic N) is 2. The van der Waals surface area contributed by atoms with Gasteiger partial charge in [0.15, 0.2) is 0 Å². The number of anilines is 1. The van der Waals surface area contributed by atoms with Crippen molar-refractivity contribution < 1.29 is 14.7 Å². The first-order valence-corrected chi connectivity index (χ1v) is 10.7. The fourth-order valence-electron chi connectivity index (χ4n) is 7.03. The van der Waals surface area contributed by atoms with Crippen molar-refractivity contribution >= 4 is 17.5 Å². The standard InChI is InChI=1S/C22H27N3O3/c26-16-8-13-11-24(12-14(13)9-16)20(27)18-10-15-4-3-7-25(15)22(18)17-5-1-2-6-19(17)23-21(22)28/h1-2,5-6,13-16,18,26H,3-4,7-12H2,(H,23,28)/t13-,14+,15-,16?,18+,22+/m1/s1. The Labute approximate surface area is 164 Å². The van der Waals surface area contributed by atoms with Crippen LogP contribution in [0.25, 0.3) is 0 Å². The van der Waals surface area contributed by atoms with Crippen LogP contribution in [-0.2, 0) is 15.1 Å². The first-order chi connectivity index (χ1) is 13.6. The van der Waals surface area contributed by atoms with E-state index in [1.165, 1.54) is 0 Å². The normalized spacial score (nSPS) is 41.4. The average molecular weight is 381 g/mol. The third-order valence-electron chi connectivity index (χ3n) is 8.11. The summed E-state index contributed by atoms with van der Waals surface area (Å²) in [6.45, 7) is 2.36. The largest absolute Gasteiger partial charge is 0.393 e. The zero-order valence-corrected chi connectivity index (χ0v) is 16.0. The van der Waals surface area contributed by atoms with Gasteiger partial charge in [0.1, 0.15) is 5.54 Å². The fraction of sp³-hybridized carbons (Fsp3) is 0.636. The Balaban J connectivity index is 1.38. The monoisotopic (exact) mass is 381 g/mol. The van der Waals surface area contributed by atoms with Crippen LogP contribution < -0.4 is 5.32 Å². The molecule has 6 heteroatoms. The predicted molar refractivity (Wildman–Crippen MR) is 103 cm³/mol. The molecule has 1 unspecified atom stereocenters. The molecule has 148 valence electrons. The molecule has 6 rings (SSSR count). The number of carbonyl (C=O) groups excluding carboxylic acids is 2. The molecule has 5 aliphatic rings. The Bertz CT molecular complexity index is 843. The van der Waals surface area contributed by atoms with Crippen LogP contribution in [0.3, 0.4) is 0 Å². The molecule has 1 aromatic carbocycles. The van der Waals surface area contributed by atoms with Gasteiger partial charge in [-0.2, -0.15) is 0 Å². The van der Waals surface area contributed by atoms with Crippen LogP contribution in [0.4, 0.5) is 5.69 Å². The van der Waals surface area contributed by atoms with Crippen LogP contribution in [0, 0.1) is 17.8 Å². The smallest absolute Gasteiger partial charge is 0.250 e. The van der Waals surface area contributed by atoms with Gasteiger partial charge in [0.25, 0.3) is 0 Å². The van der Waals surface area contributed by atoms with Crippen molar-refractivity contribution in [3.05, 3.63) is 29.8 Å². The maximum Gasteiger partial charge on any atom is 0.250 e. The summed E-state index contributed by atoms with van der Waals surface area (Å²) in [5.74, 6) is 0.642. The minimum absolute atomic E-state index is 0.0220. The second-order valence-corrected chi connectivity index (χ2v) is 9.43. The van der Waals surface area contributed by atoms with Crippen LogP contribution in [-0.4, -0.2) is 58.5 Å². The van der Waals surface area contributed by atoms with E-state index < -0.39 is 5.54 Å². The minimum atomic E-state index is -0.841. The summed E-state index contributed by atoms with van der Waals surface area (Å²) < 4.78 is 0. The fourth-order valence-corrected chi connectivity index (χ4v) is 7.03. The van der Waals surface area contributed by atoms with Gasteiger partial charge in [-0.3, -0.25) is 14.5 Å². The van der Waals surface area contributed by atoms with Gasteiger partial charge in [-0.1, -0.05) is 18.2 Å². The molecule has 0 aromatic heterocycles. The lowest BCUT2D eigenvalue weighted by Gasteiger charge is -2.37. The van der Waals surface area contributed by atoms with Crippen molar-refractivity contribution in [2.24, 2.45) is 17.8 Å². The molecule has 1 saturated carbocycles. The highest BCUT2D eigenvalue weighted by molar-refractivity contribution is 6.09. The van der Waals surface area contributed by atoms with Crippen LogP contribution >= 0.6 is 0 Å². The lowest BCUT2D eigenvalue weighted by Crippen LogP contribution is -2.54. The maximum atomic E-state index is 13.8. The first-order valence-electron chi connectivity index (χ1n) is 10.7.